The maximum Gasteiger partial charge on any atom is 0.245 e. The minimum atomic E-state index is -3.51. The van der Waals surface area contributed by atoms with Crippen molar-refractivity contribution in [2.24, 2.45) is 0 Å². The number of aliphatic hydroxyl groups is 1. The number of nitrogens with one attached hydrogen (secondary N) is 2. The van der Waals surface area contributed by atoms with Gasteiger partial charge in [-0.15, -0.1) is 0 Å². The van der Waals surface area contributed by atoms with Gasteiger partial charge in [-0.3, -0.25) is 4.79 Å². The highest BCUT2D eigenvalue weighted by Crippen LogP contribution is 2.33. The van der Waals surface area contributed by atoms with E-state index in [9.17, 15) is 13.2 Å². The number of amides is 1. The molecule has 3 rings (SSSR count). The third kappa shape index (κ3) is 3.22. The van der Waals surface area contributed by atoms with Crippen molar-refractivity contribution in [3.8, 4) is 0 Å². The van der Waals surface area contributed by atoms with Crippen LogP contribution in [0.4, 0.5) is 0 Å². The molecule has 0 aliphatic heterocycles. The first-order valence-corrected chi connectivity index (χ1v) is 9.39. The Morgan fingerprint density at radius 3 is 2.83 bits per heavy atom. The summed E-state index contributed by atoms with van der Waals surface area (Å²) in [7, 11) is -3.51. The molecule has 1 aromatic heterocycles. The molecule has 2 aromatic rings. The zero-order valence-corrected chi connectivity index (χ0v) is 14.0. The lowest BCUT2D eigenvalue weighted by atomic mass is 9.83. The zero-order chi connectivity index (χ0) is 17.2. The molecular weight excluding hydrogens is 328 g/mol. The SMILES string of the molecule is O=C(CO)NCC1CCCc2cc(S(=O)(=O)c3cc[nH]c3)ccc21. The molecule has 3 N–H and O–H groups in total. The first-order valence-electron chi connectivity index (χ1n) is 7.90. The average Bonchev–Trinajstić information content (AvgIpc) is 3.14. The number of aromatic nitrogens is 1. The number of sulfone groups is 1. The van der Waals surface area contributed by atoms with Crippen molar-refractivity contribution in [2.75, 3.05) is 13.2 Å². The number of rotatable bonds is 5. The number of aryl methyl sites for hydroxylation is 1. The third-order valence-electron chi connectivity index (χ3n) is 4.43. The monoisotopic (exact) mass is 348 g/mol. The Balaban J connectivity index is 1.87. The number of carbonyl (C=O) groups excluding carboxylic acids is 1. The highest BCUT2D eigenvalue weighted by Gasteiger charge is 2.24. The van der Waals surface area contributed by atoms with E-state index in [4.69, 9.17) is 5.11 Å². The fourth-order valence-electron chi connectivity index (χ4n) is 3.18. The quantitative estimate of drug-likeness (QED) is 0.760. The van der Waals surface area contributed by atoms with Gasteiger partial charge in [-0.2, -0.15) is 0 Å². The van der Waals surface area contributed by atoms with Crippen LogP contribution in [0.2, 0.25) is 0 Å². The molecule has 0 radical (unpaired) electrons. The summed E-state index contributed by atoms with van der Waals surface area (Å²) >= 11 is 0. The van der Waals surface area contributed by atoms with Crippen LogP contribution in [0.15, 0.2) is 46.5 Å². The van der Waals surface area contributed by atoms with Gasteiger partial charge in [0.2, 0.25) is 15.7 Å². The number of aliphatic hydroxyl groups excluding tert-OH is 1. The molecule has 1 heterocycles. The lowest BCUT2D eigenvalue weighted by Gasteiger charge is -2.26. The van der Waals surface area contributed by atoms with Crippen LogP contribution in [-0.2, 0) is 21.1 Å². The summed E-state index contributed by atoms with van der Waals surface area (Å²) in [6, 6.07) is 6.77. The molecule has 0 fully saturated rings. The molecule has 1 atom stereocenters. The van der Waals surface area contributed by atoms with Crippen molar-refractivity contribution >= 4 is 15.7 Å². The predicted octanol–water partition coefficient (Wildman–Crippen LogP) is 1.38. The molecule has 1 amide bonds. The number of aromatic amines is 1. The van der Waals surface area contributed by atoms with Crippen LogP contribution < -0.4 is 5.32 Å². The largest absolute Gasteiger partial charge is 0.387 e. The number of H-pyrrole nitrogens is 1. The van der Waals surface area contributed by atoms with Crippen molar-refractivity contribution in [2.45, 2.75) is 35.0 Å². The molecule has 1 unspecified atom stereocenters. The van der Waals surface area contributed by atoms with Gasteiger partial charge in [-0.1, -0.05) is 6.07 Å². The molecule has 7 heteroatoms. The first-order chi connectivity index (χ1) is 11.5. The molecule has 6 nitrogen and oxygen atoms in total. The minimum Gasteiger partial charge on any atom is -0.387 e. The molecule has 128 valence electrons. The number of carbonyl (C=O) groups is 1. The minimum absolute atomic E-state index is 0.147. The van der Waals surface area contributed by atoms with Gasteiger partial charge in [-0.05, 0) is 48.6 Å². The highest BCUT2D eigenvalue weighted by molar-refractivity contribution is 7.91. The molecule has 1 aromatic carbocycles. The van der Waals surface area contributed by atoms with E-state index in [1.54, 1.807) is 24.4 Å². The Morgan fingerprint density at radius 1 is 1.29 bits per heavy atom. The summed E-state index contributed by atoms with van der Waals surface area (Å²) in [5.41, 5.74) is 2.09. The Labute approximate surface area is 140 Å². The summed E-state index contributed by atoms with van der Waals surface area (Å²) in [5.74, 6) is -0.248. The Bertz CT molecular complexity index is 828. The first kappa shape index (κ1) is 16.7. The van der Waals surface area contributed by atoms with Crippen LogP contribution in [0.5, 0.6) is 0 Å². The summed E-state index contributed by atoms with van der Waals surface area (Å²) < 4.78 is 25.2. The van der Waals surface area contributed by atoms with Gasteiger partial charge in [0.25, 0.3) is 0 Å². The summed E-state index contributed by atoms with van der Waals surface area (Å²) in [6.45, 7) is -0.0658. The fourth-order valence-corrected chi connectivity index (χ4v) is 4.46. The van der Waals surface area contributed by atoms with Gasteiger partial charge < -0.3 is 15.4 Å². The Hall–Kier alpha value is -2.12. The fraction of sp³-hybridized carbons (Fsp3) is 0.353. The van der Waals surface area contributed by atoms with Crippen molar-refractivity contribution in [1.82, 2.24) is 10.3 Å². The molecular formula is C17H20N2O4S. The molecule has 1 aliphatic rings. The second kappa shape index (κ2) is 6.78. The van der Waals surface area contributed by atoms with E-state index in [1.165, 1.54) is 6.20 Å². The van der Waals surface area contributed by atoms with E-state index in [2.05, 4.69) is 10.3 Å². The van der Waals surface area contributed by atoms with E-state index in [1.807, 2.05) is 6.07 Å². The van der Waals surface area contributed by atoms with Crippen LogP contribution >= 0.6 is 0 Å². The van der Waals surface area contributed by atoms with Gasteiger partial charge in [-0.25, -0.2) is 8.42 Å². The van der Waals surface area contributed by atoms with E-state index in [0.29, 0.717) is 11.4 Å². The number of fused-ring (bicyclic) bond motifs is 1. The van der Waals surface area contributed by atoms with E-state index < -0.39 is 22.4 Å². The van der Waals surface area contributed by atoms with Crippen molar-refractivity contribution in [3.63, 3.8) is 0 Å². The van der Waals surface area contributed by atoms with Gasteiger partial charge in [0, 0.05) is 24.9 Å². The standard InChI is InChI=1S/C17H20N2O4S/c20-11-17(21)19-9-13-3-1-2-12-8-14(4-5-16(12)13)24(22,23)15-6-7-18-10-15/h4-8,10,13,18,20H,1-3,9,11H2,(H,19,21). The topological polar surface area (TPSA) is 99.3 Å². The summed E-state index contributed by atoms with van der Waals surface area (Å²) in [5, 5.41) is 11.5. The molecule has 0 saturated heterocycles. The summed E-state index contributed by atoms with van der Waals surface area (Å²) in [4.78, 5) is 14.6. The number of hydrogen-bond donors (Lipinski definition) is 3. The van der Waals surface area contributed by atoms with Crippen LogP contribution in [-0.4, -0.2) is 37.6 Å². The lowest BCUT2D eigenvalue weighted by molar-refractivity contribution is -0.123. The number of benzene rings is 1. The third-order valence-corrected chi connectivity index (χ3v) is 6.18. The van der Waals surface area contributed by atoms with Gasteiger partial charge in [0.15, 0.2) is 0 Å². The second-order valence-corrected chi connectivity index (χ2v) is 7.91. The van der Waals surface area contributed by atoms with Crippen LogP contribution in [0.25, 0.3) is 0 Å². The maximum absolute atomic E-state index is 12.6. The highest BCUT2D eigenvalue weighted by atomic mass is 32.2. The molecule has 1 aliphatic carbocycles. The van der Waals surface area contributed by atoms with Crippen LogP contribution in [0.3, 0.4) is 0 Å². The maximum atomic E-state index is 12.6. The Morgan fingerprint density at radius 2 is 2.12 bits per heavy atom. The zero-order valence-electron chi connectivity index (χ0n) is 13.2. The Kier molecular flexibility index (Phi) is 4.73. The predicted molar refractivity (Wildman–Crippen MR) is 88.5 cm³/mol. The van der Waals surface area contributed by atoms with Crippen molar-refractivity contribution in [1.29, 1.82) is 0 Å². The van der Waals surface area contributed by atoms with E-state index in [-0.39, 0.29) is 10.8 Å². The molecule has 0 bridgehead atoms. The second-order valence-electron chi connectivity index (χ2n) is 5.96. The molecule has 0 saturated carbocycles. The average molecular weight is 348 g/mol. The van der Waals surface area contributed by atoms with Gasteiger partial charge in [0.1, 0.15) is 6.61 Å². The van der Waals surface area contributed by atoms with Gasteiger partial charge in [0.05, 0.1) is 9.79 Å². The normalized spacial score (nSPS) is 17.3. The van der Waals surface area contributed by atoms with Crippen molar-refractivity contribution < 1.29 is 18.3 Å². The van der Waals surface area contributed by atoms with E-state index in [0.717, 1.165) is 30.4 Å². The molecule has 0 spiro atoms. The van der Waals surface area contributed by atoms with Crippen LogP contribution in [0.1, 0.15) is 29.9 Å². The summed E-state index contributed by atoms with van der Waals surface area (Å²) in [6.07, 6.45) is 5.77. The van der Waals surface area contributed by atoms with Crippen molar-refractivity contribution in [3.05, 3.63) is 47.8 Å². The number of hydrogen-bond acceptors (Lipinski definition) is 4. The smallest absolute Gasteiger partial charge is 0.245 e. The van der Waals surface area contributed by atoms with Gasteiger partial charge >= 0.3 is 0 Å². The van der Waals surface area contributed by atoms with E-state index >= 15 is 0 Å². The lowest BCUT2D eigenvalue weighted by Crippen LogP contribution is -2.31. The molecule has 24 heavy (non-hydrogen) atoms. The van der Waals surface area contributed by atoms with Crippen LogP contribution in [0, 0.1) is 0 Å².